The zero-order valence-corrected chi connectivity index (χ0v) is 11.3. The Hall–Kier alpha value is -0.880. The van der Waals surface area contributed by atoms with E-state index in [4.69, 9.17) is 5.73 Å². The molecule has 2 aromatic carbocycles. The highest BCUT2D eigenvalue weighted by molar-refractivity contribution is 14.1. The molecular weight excluding hydrogens is 333 g/mol. The number of phenols is 1. The maximum absolute atomic E-state index is 9.18. The van der Waals surface area contributed by atoms with Crippen LogP contribution in [0.3, 0.4) is 0 Å². The van der Waals surface area contributed by atoms with Crippen LogP contribution < -0.4 is 5.73 Å². The molecule has 0 saturated heterocycles. The lowest BCUT2D eigenvalue weighted by molar-refractivity contribution is 0.475. The van der Waals surface area contributed by atoms with Crippen LogP contribution in [0.1, 0.15) is 0 Å². The van der Waals surface area contributed by atoms with Gasteiger partial charge >= 0.3 is 0 Å². The highest BCUT2D eigenvalue weighted by atomic mass is 127. The van der Waals surface area contributed by atoms with Gasteiger partial charge in [0, 0.05) is 19.0 Å². The van der Waals surface area contributed by atoms with E-state index in [0.717, 1.165) is 19.0 Å². The first-order valence-electron chi connectivity index (χ1n) is 4.67. The van der Waals surface area contributed by atoms with E-state index in [1.807, 2.05) is 30.3 Å². The summed E-state index contributed by atoms with van der Waals surface area (Å²) in [6.45, 7) is 0. The molecule has 0 unspecified atom stereocenters. The van der Waals surface area contributed by atoms with Crippen LogP contribution in [0, 0.1) is 3.57 Å². The standard InChI is InChI=1S/C12H10INOS/c13-11-7-10(5-6-12(11)14)16-9-3-1-8(15)2-4-9/h1-7,15H,14H2. The number of nitrogen functional groups attached to an aromatic ring is 1. The Morgan fingerprint density at radius 3 is 2.25 bits per heavy atom. The van der Waals surface area contributed by atoms with Crippen molar-refractivity contribution in [3.05, 3.63) is 46.0 Å². The van der Waals surface area contributed by atoms with Crippen molar-refractivity contribution in [3.63, 3.8) is 0 Å². The van der Waals surface area contributed by atoms with Crippen molar-refractivity contribution in [2.45, 2.75) is 9.79 Å². The molecule has 16 heavy (non-hydrogen) atoms. The topological polar surface area (TPSA) is 46.2 Å². The van der Waals surface area contributed by atoms with Crippen molar-refractivity contribution in [1.29, 1.82) is 0 Å². The molecule has 3 N–H and O–H groups in total. The first-order chi connectivity index (χ1) is 7.65. The second-order valence-corrected chi connectivity index (χ2v) is 5.59. The minimum absolute atomic E-state index is 0.288. The van der Waals surface area contributed by atoms with Crippen molar-refractivity contribution in [1.82, 2.24) is 0 Å². The van der Waals surface area contributed by atoms with Gasteiger partial charge in [0.25, 0.3) is 0 Å². The van der Waals surface area contributed by atoms with E-state index < -0.39 is 0 Å². The van der Waals surface area contributed by atoms with Crippen LogP contribution >= 0.6 is 34.4 Å². The molecule has 4 heteroatoms. The lowest BCUT2D eigenvalue weighted by atomic mass is 10.3. The molecule has 0 aliphatic carbocycles. The van der Waals surface area contributed by atoms with Gasteiger partial charge in [-0.25, -0.2) is 0 Å². The minimum atomic E-state index is 0.288. The van der Waals surface area contributed by atoms with E-state index in [0.29, 0.717) is 0 Å². The van der Waals surface area contributed by atoms with Crippen LogP contribution in [0.2, 0.25) is 0 Å². The summed E-state index contributed by atoms with van der Waals surface area (Å²) in [7, 11) is 0. The SMILES string of the molecule is Nc1ccc(Sc2ccc(O)cc2)cc1I. The van der Waals surface area contributed by atoms with Gasteiger partial charge in [0.15, 0.2) is 0 Å². The number of phenolic OH excluding ortho intramolecular Hbond substituents is 1. The Morgan fingerprint density at radius 1 is 1.00 bits per heavy atom. The molecule has 0 radical (unpaired) electrons. The molecule has 2 nitrogen and oxygen atoms in total. The Labute approximate surface area is 112 Å². The predicted octanol–water partition coefficient (Wildman–Crippen LogP) is 3.73. The molecule has 0 saturated carbocycles. The Morgan fingerprint density at radius 2 is 1.62 bits per heavy atom. The van der Waals surface area contributed by atoms with E-state index in [2.05, 4.69) is 22.6 Å². The maximum atomic E-state index is 9.18. The highest BCUT2D eigenvalue weighted by Crippen LogP contribution is 2.31. The zero-order chi connectivity index (χ0) is 11.5. The van der Waals surface area contributed by atoms with Gasteiger partial charge in [-0.15, -0.1) is 0 Å². The van der Waals surface area contributed by atoms with Crippen molar-refractivity contribution in [3.8, 4) is 5.75 Å². The van der Waals surface area contributed by atoms with Gasteiger partial charge in [0.2, 0.25) is 0 Å². The van der Waals surface area contributed by atoms with Crippen LogP contribution in [0.4, 0.5) is 5.69 Å². The first kappa shape index (κ1) is 11.6. The summed E-state index contributed by atoms with van der Waals surface area (Å²) in [5.74, 6) is 0.288. The van der Waals surface area contributed by atoms with Crippen LogP contribution in [-0.2, 0) is 0 Å². The zero-order valence-electron chi connectivity index (χ0n) is 8.35. The molecule has 0 heterocycles. The van der Waals surface area contributed by atoms with Gasteiger partial charge in [0.05, 0.1) is 0 Å². The molecule has 0 aliphatic rings. The molecule has 82 valence electrons. The lowest BCUT2D eigenvalue weighted by Gasteiger charge is -2.04. The molecule has 0 atom stereocenters. The number of rotatable bonds is 2. The Kier molecular flexibility index (Phi) is 3.60. The molecule has 0 spiro atoms. The Balaban J connectivity index is 2.20. The van der Waals surface area contributed by atoms with Crippen molar-refractivity contribution in [2.24, 2.45) is 0 Å². The smallest absolute Gasteiger partial charge is 0.115 e. The molecule has 2 aromatic rings. The molecule has 0 fully saturated rings. The molecule has 2 rings (SSSR count). The van der Waals surface area contributed by atoms with Gasteiger partial charge in [0.1, 0.15) is 5.75 Å². The van der Waals surface area contributed by atoms with Gasteiger partial charge in [-0.05, 0) is 65.1 Å². The molecule has 0 aliphatic heterocycles. The third-order valence-electron chi connectivity index (χ3n) is 2.04. The summed E-state index contributed by atoms with van der Waals surface area (Å²) in [5.41, 5.74) is 6.55. The maximum Gasteiger partial charge on any atom is 0.115 e. The second kappa shape index (κ2) is 4.97. The average Bonchev–Trinajstić information content (AvgIpc) is 2.27. The molecule has 0 amide bonds. The largest absolute Gasteiger partial charge is 0.508 e. The summed E-state index contributed by atoms with van der Waals surface area (Å²) in [5, 5.41) is 9.18. The fourth-order valence-electron chi connectivity index (χ4n) is 1.22. The number of aromatic hydroxyl groups is 1. The summed E-state index contributed by atoms with van der Waals surface area (Å²) >= 11 is 3.87. The lowest BCUT2D eigenvalue weighted by Crippen LogP contribution is -1.88. The normalized spacial score (nSPS) is 10.3. The second-order valence-electron chi connectivity index (χ2n) is 3.28. The fraction of sp³-hybridized carbons (Fsp3) is 0. The first-order valence-corrected chi connectivity index (χ1v) is 6.56. The summed E-state index contributed by atoms with van der Waals surface area (Å²) in [6.07, 6.45) is 0. The van der Waals surface area contributed by atoms with Crippen LogP contribution in [0.25, 0.3) is 0 Å². The number of anilines is 1. The van der Waals surface area contributed by atoms with Gasteiger partial charge < -0.3 is 10.8 Å². The fourth-order valence-corrected chi connectivity index (χ4v) is 2.81. The minimum Gasteiger partial charge on any atom is -0.508 e. The Bertz CT molecular complexity index is 499. The van der Waals surface area contributed by atoms with Crippen LogP contribution in [-0.4, -0.2) is 5.11 Å². The van der Waals surface area contributed by atoms with E-state index in [1.165, 1.54) is 0 Å². The van der Waals surface area contributed by atoms with E-state index >= 15 is 0 Å². The monoisotopic (exact) mass is 343 g/mol. The van der Waals surface area contributed by atoms with Crippen LogP contribution in [0.15, 0.2) is 52.3 Å². The van der Waals surface area contributed by atoms with Crippen LogP contribution in [0.5, 0.6) is 5.75 Å². The predicted molar refractivity (Wildman–Crippen MR) is 75.8 cm³/mol. The molecule has 0 bridgehead atoms. The average molecular weight is 343 g/mol. The van der Waals surface area contributed by atoms with E-state index in [1.54, 1.807) is 23.9 Å². The van der Waals surface area contributed by atoms with Gasteiger partial charge in [-0.3, -0.25) is 0 Å². The van der Waals surface area contributed by atoms with Gasteiger partial charge in [-0.1, -0.05) is 11.8 Å². The van der Waals surface area contributed by atoms with Crippen molar-refractivity contribution < 1.29 is 5.11 Å². The van der Waals surface area contributed by atoms with E-state index in [-0.39, 0.29) is 5.75 Å². The quantitative estimate of drug-likeness (QED) is 0.645. The summed E-state index contributed by atoms with van der Waals surface area (Å²) < 4.78 is 1.06. The molecule has 0 aromatic heterocycles. The number of hydrogen-bond donors (Lipinski definition) is 2. The number of hydrogen-bond acceptors (Lipinski definition) is 3. The third kappa shape index (κ3) is 2.82. The van der Waals surface area contributed by atoms with E-state index in [9.17, 15) is 5.11 Å². The molecular formula is C12H10INOS. The third-order valence-corrected chi connectivity index (χ3v) is 3.98. The number of benzene rings is 2. The van der Waals surface area contributed by atoms with Crippen molar-refractivity contribution >= 4 is 40.0 Å². The summed E-state index contributed by atoms with van der Waals surface area (Å²) in [4.78, 5) is 2.24. The summed E-state index contributed by atoms with van der Waals surface area (Å²) in [6, 6.07) is 13.1. The number of nitrogens with two attached hydrogens (primary N) is 1. The van der Waals surface area contributed by atoms with Crippen molar-refractivity contribution in [2.75, 3.05) is 5.73 Å². The van der Waals surface area contributed by atoms with Gasteiger partial charge in [-0.2, -0.15) is 0 Å². The highest BCUT2D eigenvalue weighted by Gasteiger charge is 2.00. The number of halogens is 1.